The highest BCUT2D eigenvalue weighted by atomic mass is 32.2. The van der Waals surface area contributed by atoms with Crippen molar-refractivity contribution in [3.63, 3.8) is 0 Å². The lowest BCUT2D eigenvalue weighted by Gasteiger charge is -2.35. The largest absolute Gasteiger partial charge is 0.465 e. The van der Waals surface area contributed by atoms with Gasteiger partial charge in [0.15, 0.2) is 14.6 Å². The van der Waals surface area contributed by atoms with Crippen molar-refractivity contribution in [2.45, 2.75) is 52.1 Å². The van der Waals surface area contributed by atoms with E-state index in [9.17, 15) is 32.9 Å². The number of fused-ring (bicyclic) bond motifs is 1. The van der Waals surface area contributed by atoms with E-state index in [0.29, 0.717) is 16.8 Å². The van der Waals surface area contributed by atoms with E-state index in [0.717, 1.165) is 37.0 Å². The second kappa shape index (κ2) is 11.7. The molecular weight excluding hydrogens is 512 g/mol. The molecule has 0 radical (unpaired) electrons. The number of aromatic nitrogens is 1. The number of thiazole rings is 1. The molecule has 1 aromatic carbocycles. The van der Waals surface area contributed by atoms with Crippen molar-refractivity contribution in [3.05, 3.63) is 33.1 Å². The second-order valence-electron chi connectivity index (χ2n) is 8.37. The molecule has 1 atom stereocenters. The fraction of sp³-hybridized carbons (Fsp3) is 0.545. The highest BCUT2D eigenvalue weighted by Gasteiger charge is 2.29. The molecule has 0 aliphatic carbocycles. The van der Waals surface area contributed by atoms with Gasteiger partial charge in [0.2, 0.25) is 5.91 Å². The summed E-state index contributed by atoms with van der Waals surface area (Å²) >= 11 is 0.903. The minimum absolute atomic E-state index is 0.00726. The number of nitrogens with zero attached hydrogens (tertiary/aromatic N) is 4. The maximum atomic E-state index is 12.7. The molecule has 1 aliphatic heterocycles. The van der Waals surface area contributed by atoms with Crippen molar-refractivity contribution in [3.8, 4) is 0 Å². The van der Waals surface area contributed by atoms with Gasteiger partial charge in [-0.3, -0.25) is 24.5 Å². The molecule has 36 heavy (non-hydrogen) atoms. The summed E-state index contributed by atoms with van der Waals surface area (Å²) in [6.07, 6.45) is 3.34. The van der Waals surface area contributed by atoms with Gasteiger partial charge < -0.3 is 14.2 Å². The molecule has 2 amide bonds. The minimum atomic E-state index is -4.09. The van der Waals surface area contributed by atoms with Crippen LogP contribution < -0.4 is 4.80 Å². The van der Waals surface area contributed by atoms with E-state index in [1.807, 2.05) is 6.92 Å². The van der Waals surface area contributed by atoms with Gasteiger partial charge in [-0.2, -0.15) is 4.99 Å². The van der Waals surface area contributed by atoms with E-state index in [2.05, 4.69) is 4.99 Å². The number of amides is 2. The van der Waals surface area contributed by atoms with Gasteiger partial charge >= 0.3 is 5.97 Å². The van der Waals surface area contributed by atoms with Crippen LogP contribution in [0, 0.1) is 10.1 Å². The number of hydrogen-bond acceptors (Lipinski definition) is 9. The molecule has 1 saturated heterocycles. The molecule has 196 valence electrons. The van der Waals surface area contributed by atoms with Gasteiger partial charge in [-0.15, -0.1) is 0 Å². The summed E-state index contributed by atoms with van der Waals surface area (Å²) in [6, 6.07) is 3.95. The van der Waals surface area contributed by atoms with Crippen molar-refractivity contribution in [1.29, 1.82) is 0 Å². The molecular formula is C22H28N4O8S2. The summed E-state index contributed by atoms with van der Waals surface area (Å²) in [5.74, 6) is -3.91. The van der Waals surface area contributed by atoms with Crippen LogP contribution in [-0.2, 0) is 35.5 Å². The molecule has 1 aromatic heterocycles. The smallest absolute Gasteiger partial charge is 0.326 e. The third-order valence-electron chi connectivity index (χ3n) is 5.80. The van der Waals surface area contributed by atoms with E-state index >= 15 is 0 Å². The number of ether oxygens (including phenoxy) is 1. The van der Waals surface area contributed by atoms with Crippen molar-refractivity contribution in [1.82, 2.24) is 9.47 Å². The van der Waals surface area contributed by atoms with Gasteiger partial charge in [-0.25, -0.2) is 8.42 Å². The zero-order valence-corrected chi connectivity index (χ0v) is 21.7. The minimum Gasteiger partial charge on any atom is -0.465 e. The molecule has 1 unspecified atom stereocenters. The van der Waals surface area contributed by atoms with Crippen LogP contribution in [0.1, 0.15) is 39.5 Å². The highest BCUT2D eigenvalue weighted by Crippen LogP contribution is 2.23. The Hall–Kier alpha value is -3.13. The van der Waals surface area contributed by atoms with Gasteiger partial charge in [0, 0.05) is 24.7 Å². The maximum Gasteiger partial charge on any atom is 0.326 e. The number of sulfone groups is 1. The van der Waals surface area contributed by atoms with Crippen LogP contribution in [0.25, 0.3) is 10.2 Å². The zero-order valence-electron chi connectivity index (χ0n) is 20.0. The SMILES string of the molecule is CCOC(=O)Cn1c(=NC(=O)CS(=O)(=O)CC(=O)N2CCCCC2CC)sc2cc([N+](=O)[O-])ccc21. The summed E-state index contributed by atoms with van der Waals surface area (Å²) in [7, 11) is -4.09. The average Bonchev–Trinajstić information content (AvgIpc) is 3.13. The zero-order chi connectivity index (χ0) is 26.5. The van der Waals surface area contributed by atoms with Gasteiger partial charge in [-0.1, -0.05) is 18.3 Å². The molecule has 14 heteroatoms. The molecule has 2 aromatic rings. The first-order valence-corrected chi connectivity index (χ1v) is 14.2. The Bertz CT molecular complexity index is 1350. The predicted octanol–water partition coefficient (Wildman–Crippen LogP) is 1.81. The Labute approximate surface area is 211 Å². The number of nitro benzene ring substituents is 1. The molecule has 3 rings (SSSR count). The fourth-order valence-corrected chi connectivity index (χ4v) is 6.32. The first-order valence-electron chi connectivity index (χ1n) is 11.6. The molecule has 0 spiro atoms. The fourth-order valence-electron chi connectivity index (χ4n) is 4.15. The van der Waals surface area contributed by atoms with Crippen LogP contribution in [0.5, 0.6) is 0 Å². The number of piperidine rings is 1. The number of carbonyl (C=O) groups excluding carboxylic acids is 3. The van der Waals surface area contributed by atoms with E-state index in [-0.39, 0.29) is 29.7 Å². The van der Waals surface area contributed by atoms with E-state index < -0.39 is 44.0 Å². The van der Waals surface area contributed by atoms with Crippen molar-refractivity contribution < 1.29 is 32.5 Å². The lowest BCUT2D eigenvalue weighted by atomic mass is 10.0. The number of non-ortho nitro benzene ring substituents is 1. The van der Waals surface area contributed by atoms with Crippen LogP contribution >= 0.6 is 11.3 Å². The maximum absolute atomic E-state index is 12.7. The molecule has 0 bridgehead atoms. The van der Waals surface area contributed by atoms with Gasteiger partial charge in [0.25, 0.3) is 11.6 Å². The van der Waals surface area contributed by atoms with E-state index in [4.69, 9.17) is 4.74 Å². The van der Waals surface area contributed by atoms with E-state index in [1.165, 1.54) is 22.8 Å². The van der Waals surface area contributed by atoms with E-state index in [1.54, 1.807) is 11.8 Å². The second-order valence-corrected chi connectivity index (χ2v) is 11.4. The topological polar surface area (TPSA) is 158 Å². The van der Waals surface area contributed by atoms with Gasteiger partial charge in [-0.05, 0) is 38.7 Å². The van der Waals surface area contributed by atoms with Crippen LogP contribution in [0.3, 0.4) is 0 Å². The average molecular weight is 541 g/mol. The van der Waals surface area contributed by atoms with Crippen LogP contribution in [0.2, 0.25) is 0 Å². The van der Waals surface area contributed by atoms with Crippen molar-refractivity contribution >= 4 is 54.9 Å². The summed E-state index contributed by atoms with van der Waals surface area (Å²) in [4.78, 5) is 53.4. The van der Waals surface area contributed by atoms with Crippen molar-refractivity contribution in [2.24, 2.45) is 4.99 Å². The quantitative estimate of drug-likeness (QED) is 0.265. The van der Waals surface area contributed by atoms with Crippen LogP contribution in [-0.4, -0.2) is 71.3 Å². The molecule has 0 saturated carbocycles. The van der Waals surface area contributed by atoms with Crippen LogP contribution in [0.4, 0.5) is 5.69 Å². The van der Waals surface area contributed by atoms with Crippen LogP contribution in [0.15, 0.2) is 23.2 Å². The molecule has 2 heterocycles. The first-order chi connectivity index (χ1) is 17.0. The number of hydrogen-bond donors (Lipinski definition) is 0. The molecule has 0 N–H and O–H groups in total. The summed E-state index contributed by atoms with van der Waals surface area (Å²) < 4.78 is 32.0. The Balaban J connectivity index is 1.86. The normalized spacial score (nSPS) is 16.8. The standard InChI is InChI=1S/C22H28N4O8S2/c1-3-15-7-5-6-10-24(15)20(28)14-36(32,33)13-19(27)23-22-25(12-21(29)34-4-2)17-9-8-16(26(30)31)11-18(17)35-22/h8-9,11,15H,3-7,10,12-14H2,1-2H3. The van der Waals surface area contributed by atoms with Crippen molar-refractivity contribution in [2.75, 3.05) is 24.7 Å². The van der Waals surface area contributed by atoms with Gasteiger partial charge in [0.05, 0.1) is 21.7 Å². The molecule has 12 nitrogen and oxygen atoms in total. The molecule has 1 fully saturated rings. The lowest BCUT2D eigenvalue weighted by molar-refractivity contribution is -0.384. The first kappa shape index (κ1) is 27.5. The highest BCUT2D eigenvalue weighted by molar-refractivity contribution is 7.92. The third-order valence-corrected chi connectivity index (χ3v) is 8.21. The Morgan fingerprint density at radius 1 is 1.22 bits per heavy atom. The Kier molecular flexibility index (Phi) is 8.95. The number of likely N-dealkylation sites (tertiary alicyclic amines) is 1. The molecule has 1 aliphatic rings. The summed E-state index contributed by atoms with van der Waals surface area (Å²) in [6.45, 7) is 3.87. The number of benzene rings is 1. The lowest BCUT2D eigenvalue weighted by Crippen LogP contribution is -2.46. The number of rotatable bonds is 9. The van der Waals surface area contributed by atoms with Gasteiger partial charge in [0.1, 0.15) is 18.1 Å². The number of esters is 1. The summed E-state index contributed by atoms with van der Waals surface area (Å²) in [5.41, 5.74) is 0.216. The third kappa shape index (κ3) is 6.75. The summed E-state index contributed by atoms with van der Waals surface area (Å²) in [5, 5.41) is 11.1. The Morgan fingerprint density at radius 2 is 1.97 bits per heavy atom. The predicted molar refractivity (Wildman–Crippen MR) is 132 cm³/mol. The Morgan fingerprint density at radius 3 is 2.64 bits per heavy atom. The number of carbonyl (C=O) groups is 3. The number of nitro groups is 1. The monoisotopic (exact) mass is 540 g/mol.